The van der Waals surface area contributed by atoms with E-state index < -0.39 is 24.8 Å². The number of carbonyl (C=O) groups excluding carboxylic acids is 1. The quantitative estimate of drug-likeness (QED) is 0.548. The van der Waals surface area contributed by atoms with Gasteiger partial charge in [-0.2, -0.15) is 0 Å². The van der Waals surface area contributed by atoms with Crippen LogP contribution in [0.15, 0.2) is 0 Å². The van der Waals surface area contributed by atoms with E-state index in [1.165, 1.54) is 21.3 Å². The zero-order chi connectivity index (χ0) is 15.8. The first-order valence-electron chi connectivity index (χ1n) is 6.08. The second-order valence-corrected chi connectivity index (χ2v) is 7.22. The molecule has 20 heavy (non-hydrogen) atoms. The van der Waals surface area contributed by atoms with Crippen molar-refractivity contribution >= 4 is 24.8 Å². The van der Waals surface area contributed by atoms with Crippen LogP contribution in [0.1, 0.15) is 13.8 Å². The normalized spacial score (nSPS) is 15.9. The fourth-order valence-corrected chi connectivity index (χ4v) is 3.27. The largest absolute Gasteiger partial charge is 0.344 e. The van der Waals surface area contributed by atoms with E-state index in [1.807, 2.05) is 6.92 Å². The van der Waals surface area contributed by atoms with Gasteiger partial charge >= 0.3 is 7.60 Å². The van der Waals surface area contributed by atoms with E-state index in [2.05, 4.69) is 4.18 Å². The van der Waals surface area contributed by atoms with Gasteiger partial charge < -0.3 is 9.05 Å². The highest BCUT2D eigenvalue weighted by atomic mass is 32.2. The molecule has 1 amide bonds. The minimum Gasteiger partial charge on any atom is -0.311 e. The highest BCUT2D eigenvalue weighted by Gasteiger charge is 2.28. The van der Waals surface area contributed by atoms with Crippen molar-refractivity contribution in [1.29, 1.82) is 0 Å². The molecule has 0 aromatic carbocycles. The molecule has 0 fully saturated rings. The molecule has 8 nitrogen and oxygen atoms in total. The Morgan fingerprint density at radius 2 is 1.90 bits per heavy atom. The minimum atomic E-state index is -3.24. The molecule has 0 rings (SSSR count). The number of hydrogen-bond acceptors (Lipinski definition) is 7. The third kappa shape index (κ3) is 6.43. The Morgan fingerprint density at radius 3 is 2.30 bits per heavy atom. The van der Waals surface area contributed by atoms with E-state index in [4.69, 9.17) is 9.05 Å². The van der Waals surface area contributed by atoms with Gasteiger partial charge in [0.2, 0.25) is 5.91 Å². The molecule has 120 valence electrons. The summed E-state index contributed by atoms with van der Waals surface area (Å²) in [6, 6.07) is 0. The maximum absolute atomic E-state index is 12.2. The minimum absolute atomic E-state index is 0.00691. The van der Waals surface area contributed by atoms with E-state index in [9.17, 15) is 13.6 Å². The van der Waals surface area contributed by atoms with E-state index >= 15 is 0 Å². The molecule has 2 atom stereocenters. The summed E-state index contributed by atoms with van der Waals surface area (Å²) in [5.41, 5.74) is 0. The summed E-state index contributed by atoms with van der Waals surface area (Å²) in [5.74, 6) is -0.411. The van der Waals surface area contributed by atoms with Gasteiger partial charge in [-0.15, -0.1) is 0 Å². The smallest absolute Gasteiger partial charge is 0.311 e. The predicted molar refractivity (Wildman–Crippen MR) is 76.3 cm³/mol. The molecular formula is C10H23N2O6PS. The second-order valence-electron chi connectivity index (χ2n) is 3.77. The first kappa shape index (κ1) is 19.7. The molecule has 0 aliphatic rings. The Kier molecular flexibility index (Phi) is 9.45. The van der Waals surface area contributed by atoms with Crippen molar-refractivity contribution in [3.05, 3.63) is 0 Å². The standard InChI is InChI=1S/C10H23N2O6PS/c1-6-12(9-19(14,16-4)18-7-2)8-10(13)11(3)20(15)17-5/h6-9H2,1-5H3. The summed E-state index contributed by atoms with van der Waals surface area (Å²) in [5, 5.41) is 0. The van der Waals surface area contributed by atoms with Gasteiger partial charge in [-0.05, 0) is 13.5 Å². The SMILES string of the molecule is CCOP(=O)(CN(CC)CC(=O)N(C)S(=O)OC)OC. The average Bonchev–Trinajstić information content (AvgIpc) is 2.44. The van der Waals surface area contributed by atoms with Crippen molar-refractivity contribution in [3.63, 3.8) is 0 Å². The molecule has 0 aromatic rings. The number of hydrogen-bond donors (Lipinski definition) is 0. The average molecular weight is 330 g/mol. The van der Waals surface area contributed by atoms with Crippen LogP contribution in [-0.4, -0.2) is 66.6 Å². The molecule has 0 saturated carbocycles. The lowest BCUT2D eigenvalue weighted by Crippen LogP contribution is -2.40. The molecule has 0 aromatic heterocycles. The first-order chi connectivity index (χ1) is 9.33. The van der Waals surface area contributed by atoms with Crippen LogP contribution < -0.4 is 0 Å². The maximum Gasteiger partial charge on any atom is 0.344 e. The van der Waals surface area contributed by atoms with E-state index in [0.29, 0.717) is 6.54 Å². The third-order valence-electron chi connectivity index (χ3n) is 2.50. The van der Waals surface area contributed by atoms with E-state index in [-0.39, 0.29) is 19.4 Å². The number of rotatable bonds is 10. The number of carbonyl (C=O) groups is 1. The molecule has 0 saturated heterocycles. The summed E-state index contributed by atoms with van der Waals surface area (Å²) < 4.78 is 39.1. The Labute approximate surface area is 122 Å². The molecule has 0 radical (unpaired) electrons. The highest BCUT2D eigenvalue weighted by Crippen LogP contribution is 2.47. The van der Waals surface area contributed by atoms with Gasteiger partial charge in [-0.1, -0.05) is 6.92 Å². The predicted octanol–water partition coefficient (Wildman–Crippen LogP) is 0.825. The van der Waals surface area contributed by atoms with Crippen LogP contribution in [0.25, 0.3) is 0 Å². The Balaban J connectivity index is 4.66. The van der Waals surface area contributed by atoms with Crippen LogP contribution in [0, 0.1) is 0 Å². The summed E-state index contributed by atoms with van der Waals surface area (Å²) in [7, 11) is 0.673. The van der Waals surface area contributed by atoms with E-state index in [1.54, 1.807) is 11.8 Å². The Hall–Kier alpha value is -0.310. The molecule has 0 bridgehead atoms. The lowest BCUT2D eigenvalue weighted by atomic mass is 10.5. The Morgan fingerprint density at radius 1 is 1.30 bits per heavy atom. The van der Waals surface area contributed by atoms with Crippen LogP contribution in [0.5, 0.6) is 0 Å². The van der Waals surface area contributed by atoms with Crippen molar-refractivity contribution in [2.75, 3.05) is 47.2 Å². The highest BCUT2D eigenvalue weighted by molar-refractivity contribution is 7.78. The zero-order valence-electron chi connectivity index (χ0n) is 12.5. The molecular weight excluding hydrogens is 307 g/mol. The Bertz CT molecular complexity index is 381. The number of amides is 1. The third-order valence-corrected chi connectivity index (χ3v) is 5.39. The molecule has 0 N–H and O–H groups in total. The summed E-state index contributed by atoms with van der Waals surface area (Å²) >= 11 is -1.82. The van der Waals surface area contributed by atoms with Crippen LogP contribution in [-0.2, 0) is 33.9 Å². The van der Waals surface area contributed by atoms with Gasteiger partial charge in [0.15, 0.2) is 0 Å². The van der Waals surface area contributed by atoms with Crippen molar-refractivity contribution in [1.82, 2.24) is 9.21 Å². The van der Waals surface area contributed by atoms with Crippen molar-refractivity contribution in [2.45, 2.75) is 13.8 Å². The number of likely N-dealkylation sites (N-methyl/N-ethyl adjacent to an activating group) is 2. The lowest BCUT2D eigenvalue weighted by Gasteiger charge is -2.25. The number of nitrogens with zero attached hydrogens (tertiary/aromatic N) is 2. The summed E-state index contributed by atoms with van der Waals surface area (Å²) in [4.78, 5) is 13.5. The monoisotopic (exact) mass is 330 g/mol. The topological polar surface area (TPSA) is 85.4 Å². The van der Waals surface area contributed by atoms with Crippen molar-refractivity contribution in [3.8, 4) is 0 Å². The van der Waals surface area contributed by atoms with Crippen LogP contribution in [0.4, 0.5) is 0 Å². The zero-order valence-corrected chi connectivity index (χ0v) is 14.2. The molecule has 2 unspecified atom stereocenters. The summed E-state index contributed by atoms with van der Waals surface area (Å²) in [6.07, 6.45) is -0.00691. The van der Waals surface area contributed by atoms with E-state index in [0.717, 1.165) is 4.31 Å². The molecule has 0 aliphatic carbocycles. The molecule has 10 heteroatoms. The van der Waals surface area contributed by atoms with Gasteiger partial charge in [0.05, 0.1) is 20.3 Å². The van der Waals surface area contributed by atoms with Gasteiger partial charge in [-0.25, -0.2) is 8.51 Å². The molecule has 0 aliphatic heterocycles. The van der Waals surface area contributed by atoms with Gasteiger partial charge in [-0.3, -0.25) is 18.4 Å². The first-order valence-corrected chi connectivity index (χ1v) is 8.84. The fourth-order valence-electron chi connectivity index (χ4n) is 1.34. The fraction of sp³-hybridized carbons (Fsp3) is 0.900. The maximum atomic E-state index is 12.2. The lowest BCUT2D eigenvalue weighted by molar-refractivity contribution is -0.126. The van der Waals surface area contributed by atoms with Crippen LogP contribution in [0.3, 0.4) is 0 Å². The van der Waals surface area contributed by atoms with Gasteiger partial charge in [0.25, 0.3) is 11.3 Å². The van der Waals surface area contributed by atoms with Crippen molar-refractivity contribution in [2.24, 2.45) is 0 Å². The summed E-state index contributed by atoms with van der Waals surface area (Å²) in [6.45, 7) is 4.20. The second kappa shape index (κ2) is 9.59. The van der Waals surface area contributed by atoms with Gasteiger partial charge in [0.1, 0.15) is 6.29 Å². The van der Waals surface area contributed by atoms with Crippen molar-refractivity contribution < 1.29 is 26.8 Å². The molecule has 0 spiro atoms. The van der Waals surface area contributed by atoms with Crippen LogP contribution in [0.2, 0.25) is 0 Å². The van der Waals surface area contributed by atoms with Gasteiger partial charge in [0, 0.05) is 14.2 Å². The van der Waals surface area contributed by atoms with Crippen LogP contribution >= 0.6 is 7.60 Å². The molecule has 0 heterocycles.